The van der Waals surface area contributed by atoms with Crippen molar-refractivity contribution in [3.05, 3.63) is 29.3 Å². The normalized spacial score (nSPS) is 19.4. The zero-order valence-electron chi connectivity index (χ0n) is 9.97. The van der Waals surface area contributed by atoms with E-state index < -0.39 is 0 Å². The van der Waals surface area contributed by atoms with Gasteiger partial charge in [-0.1, -0.05) is 32.9 Å². The smallest absolute Gasteiger partial charge is 0.0107 e. The first-order valence-corrected chi connectivity index (χ1v) is 6.84. The van der Waals surface area contributed by atoms with Crippen molar-refractivity contribution in [1.82, 2.24) is 0 Å². The van der Waals surface area contributed by atoms with Gasteiger partial charge in [-0.2, -0.15) is 0 Å². The number of hydrogen-bond donors (Lipinski definition) is 0. The van der Waals surface area contributed by atoms with Gasteiger partial charge in [0.2, 0.25) is 0 Å². The molecule has 0 amide bonds. The molecule has 0 spiro atoms. The second kappa shape index (κ2) is 4.21. The topological polar surface area (TPSA) is 0 Å². The Hall–Kier alpha value is -0.430. The van der Waals surface area contributed by atoms with Crippen molar-refractivity contribution in [2.75, 3.05) is 5.75 Å². The van der Waals surface area contributed by atoms with Gasteiger partial charge >= 0.3 is 0 Å². The average molecular weight is 220 g/mol. The van der Waals surface area contributed by atoms with E-state index in [4.69, 9.17) is 0 Å². The van der Waals surface area contributed by atoms with Crippen molar-refractivity contribution in [3.63, 3.8) is 0 Å². The van der Waals surface area contributed by atoms with Crippen molar-refractivity contribution in [2.45, 2.75) is 44.9 Å². The predicted octanol–water partition coefficient (Wildman–Crippen LogP) is 4.31. The molecule has 15 heavy (non-hydrogen) atoms. The van der Waals surface area contributed by atoms with Crippen molar-refractivity contribution in [3.8, 4) is 0 Å². The molecule has 0 atom stereocenters. The van der Waals surface area contributed by atoms with Gasteiger partial charge in [-0.3, -0.25) is 0 Å². The molecule has 0 bridgehead atoms. The van der Waals surface area contributed by atoms with Gasteiger partial charge in [-0.25, -0.2) is 0 Å². The lowest BCUT2D eigenvalue weighted by molar-refractivity contribution is 0.390. The molecule has 0 unspecified atom stereocenters. The molecule has 0 N–H and O–H groups in total. The second-order valence-corrected chi connectivity index (χ2v) is 6.27. The molecule has 1 aromatic carbocycles. The predicted molar refractivity (Wildman–Crippen MR) is 68.6 cm³/mol. The van der Waals surface area contributed by atoms with Crippen LogP contribution >= 0.6 is 11.8 Å². The maximum atomic E-state index is 2.39. The summed E-state index contributed by atoms with van der Waals surface area (Å²) in [4.78, 5) is 1.53. The summed E-state index contributed by atoms with van der Waals surface area (Å²) >= 11 is 2.05. The summed E-state index contributed by atoms with van der Waals surface area (Å²) in [5.74, 6) is 1.26. The molecular formula is C14H20S. The third-order valence-corrected chi connectivity index (χ3v) is 4.85. The van der Waals surface area contributed by atoms with E-state index in [-0.39, 0.29) is 0 Å². The van der Waals surface area contributed by atoms with Crippen LogP contribution in [0.2, 0.25) is 0 Å². The summed E-state index contributed by atoms with van der Waals surface area (Å²) in [6.45, 7) is 6.99. The number of thioether (sulfide) groups is 1. The van der Waals surface area contributed by atoms with Crippen molar-refractivity contribution in [2.24, 2.45) is 5.41 Å². The van der Waals surface area contributed by atoms with Gasteiger partial charge in [0, 0.05) is 10.6 Å². The van der Waals surface area contributed by atoms with Crippen molar-refractivity contribution < 1.29 is 0 Å². The van der Waals surface area contributed by atoms with Crippen molar-refractivity contribution in [1.29, 1.82) is 0 Å². The number of hydrogen-bond acceptors (Lipinski definition) is 1. The minimum atomic E-state index is 0.496. The third-order valence-electron chi connectivity index (χ3n) is 3.23. The van der Waals surface area contributed by atoms with E-state index in [1.807, 2.05) is 11.8 Å². The summed E-state index contributed by atoms with van der Waals surface area (Å²) in [7, 11) is 0. The standard InChI is InChI=1S/C14H20S/c1-4-11-5-6-12-7-8-14(2,3)10-15-13(12)9-11/h5-6,9H,4,7-8,10H2,1-3H3. The van der Waals surface area contributed by atoms with Gasteiger partial charge in [0.05, 0.1) is 0 Å². The monoisotopic (exact) mass is 220 g/mol. The van der Waals surface area contributed by atoms with Crippen LogP contribution < -0.4 is 0 Å². The Bertz CT molecular complexity index is 352. The first-order valence-electron chi connectivity index (χ1n) is 5.85. The maximum Gasteiger partial charge on any atom is 0.0107 e. The van der Waals surface area contributed by atoms with Gasteiger partial charge in [0.1, 0.15) is 0 Å². The molecule has 1 aliphatic heterocycles. The van der Waals surface area contributed by atoms with E-state index in [9.17, 15) is 0 Å². The van der Waals surface area contributed by atoms with Crippen LogP contribution in [0.3, 0.4) is 0 Å². The largest absolute Gasteiger partial charge is 0.125 e. The number of benzene rings is 1. The highest BCUT2D eigenvalue weighted by Gasteiger charge is 2.22. The molecule has 1 heterocycles. The molecule has 82 valence electrons. The van der Waals surface area contributed by atoms with Crippen LogP contribution in [0.15, 0.2) is 23.1 Å². The molecule has 0 nitrogen and oxygen atoms in total. The van der Waals surface area contributed by atoms with E-state index in [1.165, 1.54) is 29.1 Å². The van der Waals surface area contributed by atoms with E-state index in [0.29, 0.717) is 5.41 Å². The zero-order chi connectivity index (χ0) is 10.9. The van der Waals surface area contributed by atoms with Crippen molar-refractivity contribution >= 4 is 11.8 Å². The molecule has 0 radical (unpaired) electrons. The van der Waals surface area contributed by atoms with Crippen LogP contribution in [0.4, 0.5) is 0 Å². The van der Waals surface area contributed by atoms with Crippen LogP contribution in [0.5, 0.6) is 0 Å². The Kier molecular flexibility index (Phi) is 3.11. The zero-order valence-corrected chi connectivity index (χ0v) is 10.8. The van der Waals surface area contributed by atoms with Crippen LogP contribution in [-0.4, -0.2) is 5.75 Å². The van der Waals surface area contributed by atoms with Gasteiger partial charge in [0.15, 0.2) is 0 Å². The molecule has 0 saturated heterocycles. The fourth-order valence-corrected chi connectivity index (χ4v) is 3.26. The van der Waals surface area contributed by atoms with Gasteiger partial charge in [-0.05, 0) is 41.9 Å². The van der Waals surface area contributed by atoms with Crippen LogP contribution in [-0.2, 0) is 12.8 Å². The Morgan fingerprint density at radius 1 is 1.33 bits per heavy atom. The maximum absolute atomic E-state index is 2.39. The molecule has 1 aromatic rings. The lowest BCUT2D eigenvalue weighted by atomic mass is 9.88. The minimum Gasteiger partial charge on any atom is -0.125 e. The minimum absolute atomic E-state index is 0.496. The summed E-state index contributed by atoms with van der Waals surface area (Å²) < 4.78 is 0. The SMILES string of the molecule is CCc1ccc2c(c1)SCC(C)(C)CC2. The molecule has 1 heteroatoms. The second-order valence-electron chi connectivity index (χ2n) is 5.25. The van der Waals surface area contributed by atoms with E-state index in [1.54, 1.807) is 5.56 Å². The summed E-state index contributed by atoms with van der Waals surface area (Å²) in [6.07, 6.45) is 3.72. The highest BCUT2D eigenvalue weighted by atomic mass is 32.2. The number of fused-ring (bicyclic) bond motifs is 1. The highest BCUT2D eigenvalue weighted by Crippen LogP contribution is 2.38. The van der Waals surface area contributed by atoms with Crippen LogP contribution in [0.25, 0.3) is 0 Å². The van der Waals surface area contributed by atoms with E-state index in [0.717, 1.165) is 6.42 Å². The van der Waals surface area contributed by atoms with Gasteiger partial charge in [0.25, 0.3) is 0 Å². The van der Waals surface area contributed by atoms with Crippen LogP contribution in [0, 0.1) is 5.41 Å². The molecule has 0 saturated carbocycles. The van der Waals surface area contributed by atoms with E-state index >= 15 is 0 Å². The summed E-state index contributed by atoms with van der Waals surface area (Å²) in [5.41, 5.74) is 3.53. The average Bonchev–Trinajstić information content (AvgIpc) is 2.38. The fourth-order valence-electron chi connectivity index (χ4n) is 1.98. The first-order chi connectivity index (χ1) is 7.11. The van der Waals surface area contributed by atoms with Gasteiger partial charge < -0.3 is 0 Å². The lowest BCUT2D eigenvalue weighted by Crippen LogP contribution is -2.13. The fraction of sp³-hybridized carbons (Fsp3) is 0.571. The lowest BCUT2D eigenvalue weighted by Gasteiger charge is -2.20. The molecular weight excluding hydrogens is 200 g/mol. The van der Waals surface area contributed by atoms with Crippen LogP contribution in [0.1, 0.15) is 38.3 Å². The highest BCUT2D eigenvalue weighted by molar-refractivity contribution is 7.99. The molecule has 0 fully saturated rings. The Balaban J connectivity index is 2.27. The molecule has 2 rings (SSSR count). The summed E-state index contributed by atoms with van der Waals surface area (Å²) in [6, 6.07) is 7.02. The first kappa shape index (κ1) is 11.1. The van der Waals surface area contributed by atoms with E-state index in [2.05, 4.69) is 39.0 Å². The summed E-state index contributed by atoms with van der Waals surface area (Å²) in [5, 5.41) is 0. The van der Waals surface area contributed by atoms with Gasteiger partial charge in [-0.15, -0.1) is 11.8 Å². The number of rotatable bonds is 1. The molecule has 0 aliphatic carbocycles. The number of aryl methyl sites for hydroxylation is 2. The Labute approximate surface area is 97.5 Å². The Morgan fingerprint density at radius 3 is 2.87 bits per heavy atom. The quantitative estimate of drug-likeness (QED) is 0.679. The molecule has 0 aromatic heterocycles. The Morgan fingerprint density at radius 2 is 2.13 bits per heavy atom. The molecule has 1 aliphatic rings. The third kappa shape index (κ3) is 2.57.